The molecule has 2 heterocycles. The molecule has 0 saturated heterocycles. The Hall–Kier alpha value is -1.88. The van der Waals surface area contributed by atoms with Gasteiger partial charge in [0.2, 0.25) is 5.56 Å². The van der Waals surface area contributed by atoms with Crippen molar-refractivity contribution < 1.29 is 0 Å². The average molecular weight is 246 g/mol. The van der Waals surface area contributed by atoms with Crippen LogP contribution in [0.5, 0.6) is 0 Å². The minimum absolute atomic E-state index is 0.0989. The van der Waals surface area contributed by atoms with Crippen LogP contribution in [0.15, 0.2) is 35.5 Å². The van der Waals surface area contributed by atoms with E-state index in [1.54, 1.807) is 18.5 Å². The summed E-state index contributed by atoms with van der Waals surface area (Å²) in [6, 6.07) is 3.63. The van der Waals surface area contributed by atoms with Crippen LogP contribution in [0.2, 0.25) is 0 Å². The lowest BCUT2D eigenvalue weighted by Gasteiger charge is -2.20. The molecule has 18 heavy (non-hydrogen) atoms. The number of hydrogen-bond acceptors (Lipinski definition) is 3. The first-order valence-electron chi connectivity index (χ1n) is 5.94. The zero-order valence-corrected chi connectivity index (χ0v) is 10.9. The molecule has 0 bridgehead atoms. The van der Waals surface area contributed by atoms with Crippen molar-refractivity contribution in [3.8, 4) is 11.4 Å². The Morgan fingerprint density at radius 3 is 2.83 bits per heavy atom. The first-order chi connectivity index (χ1) is 8.58. The van der Waals surface area contributed by atoms with Crippen LogP contribution >= 0.6 is 0 Å². The van der Waals surface area contributed by atoms with Crippen LogP contribution in [0.4, 0.5) is 0 Å². The van der Waals surface area contributed by atoms with Crippen LogP contribution in [0, 0.1) is 0 Å². The molecule has 2 rings (SSSR count). The van der Waals surface area contributed by atoms with E-state index >= 15 is 0 Å². The molecule has 2 aromatic rings. The third-order valence-electron chi connectivity index (χ3n) is 2.82. The summed E-state index contributed by atoms with van der Waals surface area (Å²) in [6.45, 7) is 3.09. The van der Waals surface area contributed by atoms with Gasteiger partial charge in [-0.05, 0) is 27.1 Å². The molecule has 1 atom stereocenters. The van der Waals surface area contributed by atoms with Gasteiger partial charge in [0.05, 0.1) is 0 Å². The van der Waals surface area contributed by atoms with Crippen molar-refractivity contribution in [3.63, 3.8) is 0 Å². The van der Waals surface area contributed by atoms with E-state index in [0.29, 0.717) is 6.04 Å². The van der Waals surface area contributed by atoms with Crippen molar-refractivity contribution in [1.82, 2.24) is 19.4 Å². The predicted octanol–water partition coefficient (Wildman–Crippen LogP) is 1.36. The number of H-pyrrole nitrogens is 1. The topological polar surface area (TPSA) is 53.9 Å². The number of nitrogens with zero attached hydrogens (tertiary/aromatic N) is 3. The fourth-order valence-corrected chi connectivity index (χ4v) is 2.06. The largest absolute Gasteiger partial charge is 0.328 e. The van der Waals surface area contributed by atoms with Crippen LogP contribution < -0.4 is 5.56 Å². The molecule has 1 unspecified atom stereocenters. The molecule has 0 aliphatic carbocycles. The highest BCUT2D eigenvalue weighted by atomic mass is 16.1. The summed E-state index contributed by atoms with van der Waals surface area (Å²) >= 11 is 0. The Bertz CT molecular complexity index is 550. The molecule has 0 aliphatic heterocycles. The summed E-state index contributed by atoms with van der Waals surface area (Å²) in [5.74, 6) is 0.876. The Labute approximate surface area is 106 Å². The first kappa shape index (κ1) is 12.6. The van der Waals surface area contributed by atoms with E-state index in [4.69, 9.17) is 0 Å². The Morgan fingerprint density at radius 2 is 2.22 bits per heavy atom. The molecule has 0 amide bonds. The summed E-state index contributed by atoms with van der Waals surface area (Å²) in [6.07, 6.45) is 5.45. The molecular weight excluding hydrogens is 228 g/mol. The molecule has 0 aliphatic rings. The maximum absolute atomic E-state index is 11.1. The van der Waals surface area contributed by atoms with Gasteiger partial charge in [0.25, 0.3) is 0 Å². The van der Waals surface area contributed by atoms with Crippen molar-refractivity contribution in [2.24, 2.45) is 0 Å². The SMILES string of the molecule is CC(CN(C)C)n1ccnc1-c1ccc(=O)[nH]c1. The van der Waals surface area contributed by atoms with Crippen molar-refractivity contribution in [2.45, 2.75) is 13.0 Å². The van der Waals surface area contributed by atoms with Gasteiger partial charge < -0.3 is 14.5 Å². The van der Waals surface area contributed by atoms with Gasteiger partial charge in [-0.2, -0.15) is 0 Å². The average Bonchev–Trinajstić information content (AvgIpc) is 2.78. The summed E-state index contributed by atoms with van der Waals surface area (Å²) < 4.78 is 2.12. The van der Waals surface area contributed by atoms with Gasteiger partial charge in [0, 0.05) is 42.8 Å². The zero-order chi connectivity index (χ0) is 13.1. The standard InChI is InChI=1S/C13H18N4O/c1-10(9-16(2)3)17-7-6-14-13(17)11-4-5-12(18)15-8-11/h4-8,10H,9H2,1-3H3,(H,15,18). The highest BCUT2D eigenvalue weighted by Gasteiger charge is 2.12. The number of nitrogens with one attached hydrogen (secondary N) is 1. The minimum atomic E-state index is -0.0989. The molecular formula is C13H18N4O. The summed E-state index contributed by atoms with van der Waals surface area (Å²) in [4.78, 5) is 20.2. The maximum Gasteiger partial charge on any atom is 0.247 e. The molecule has 96 valence electrons. The van der Waals surface area contributed by atoms with Crippen LogP contribution in [0.1, 0.15) is 13.0 Å². The second kappa shape index (κ2) is 5.18. The third-order valence-corrected chi connectivity index (χ3v) is 2.82. The lowest BCUT2D eigenvalue weighted by atomic mass is 10.2. The van der Waals surface area contributed by atoms with E-state index in [0.717, 1.165) is 17.9 Å². The molecule has 1 N–H and O–H groups in total. The van der Waals surface area contributed by atoms with Gasteiger partial charge >= 0.3 is 0 Å². The molecule has 0 spiro atoms. The molecule has 0 saturated carbocycles. The van der Waals surface area contributed by atoms with E-state index < -0.39 is 0 Å². The minimum Gasteiger partial charge on any atom is -0.328 e. The number of rotatable bonds is 4. The van der Waals surface area contributed by atoms with Crippen LogP contribution in [-0.2, 0) is 0 Å². The highest BCUT2D eigenvalue weighted by molar-refractivity contribution is 5.53. The van der Waals surface area contributed by atoms with Gasteiger partial charge in [-0.3, -0.25) is 4.79 Å². The van der Waals surface area contributed by atoms with E-state index in [2.05, 4.69) is 26.4 Å². The van der Waals surface area contributed by atoms with Gasteiger partial charge in [-0.1, -0.05) is 0 Å². The Balaban J connectivity index is 2.32. The number of likely N-dealkylation sites (N-methyl/N-ethyl adjacent to an activating group) is 1. The number of pyridine rings is 1. The normalized spacial score (nSPS) is 12.9. The fraction of sp³-hybridized carbons (Fsp3) is 0.385. The number of imidazole rings is 1. The van der Waals surface area contributed by atoms with Crippen molar-refractivity contribution in [1.29, 1.82) is 0 Å². The Kier molecular flexibility index (Phi) is 3.62. The van der Waals surface area contributed by atoms with Crippen molar-refractivity contribution >= 4 is 0 Å². The van der Waals surface area contributed by atoms with Crippen molar-refractivity contribution in [2.75, 3.05) is 20.6 Å². The zero-order valence-electron chi connectivity index (χ0n) is 10.9. The predicted molar refractivity (Wildman–Crippen MR) is 71.5 cm³/mol. The second-order valence-corrected chi connectivity index (χ2v) is 4.71. The molecule has 5 nitrogen and oxygen atoms in total. The molecule has 5 heteroatoms. The number of aromatic nitrogens is 3. The summed E-state index contributed by atoms with van der Waals surface area (Å²) in [5, 5.41) is 0. The molecule has 0 aromatic carbocycles. The van der Waals surface area contributed by atoms with Crippen LogP contribution in [0.25, 0.3) is 11.4 Å². The van der Waals surface area contributed by atoms with E-state index in [-0.39, 0.29) is 5.56 Å². The van der Waals surface area contributed by atoms with Crippen molar-refractivity contribution in [3.05, 3.63) is 41.1 Å². The second-order valence-electron chi connectivity index (χ2n) is 4.71. The summed E-state index contributed by atoms with van der Waals surface area (Å²) in [5.41, 5.74) is 0.823. The quantitative estimate of drug-likeness (QED) is 0.886. The van der Waals surface area contributed by atoms with E-state index in [1.165, 1.54) is 6.07 Å². The summed E-state index contributed by atoms with van der Waals surface area (Å²) in [7, 11) is 4.10. The monoisotopic (exact) mass is 246 g/mol. The maximum atomic E-state index is 11.1. The van der Waals surface area contributed by atoms with Gasteiger partial charge in [0.1, 0.15) is 5.82 Å². The lowest BCUT2D eigenvalue weighted by Crippen LogP contribution is -2.22. The van der Waals surface area contributed by atoms with E-state index in [1.807, 2.05) is 20.3 Å². The highest BCUT2D eigenvalue weighted by Crippen LogP contribution is 2.19. The molecule has 0 radical (unpaired) electrons. The first-order valence-corrected chi connectivity index (χ1v) is 5.94. The third kappa shape index (κ3) is 2.68. The van der Waals surface area contributed by atoms with Gasteiger partial charge in [-0.15, -0.1) is 0 Å². The van der Waals surface area contributed by atoms with Gasteiger partial charge in [0.15, 0.2) is 0 Å². The number of hydrogen-bond donors (Lipinski definition) is 1. The van der Waals surface area contributed by atoms with Crippen LogP contribution in [0.3, 0.4) is 0 Å². The molecule has 2 aromatic heterocycles. The lowest BCUT2D eigenvalue weighted by molar-refractivity contribution is 0.338. The van der Waals surface area contributed by atoms with Crippen LogP contribution in [-0.4, -0.2) is 40.1 Å². The Morgan fingerprint density at radius 1 is 1.44 bits per heavy atom. The smallest absolute Gasteiger partial charge is 0.247 e. The number of aromatic amines is 1. The van der Waals surface area contributed by atoms with E-state index in [9.17, 15) is 4.79 Å². The molecule has 0 fully saturated rings. The van der Waals surface area contributed by atoms with Gasteiger partial charge in [-0.25, -0.2) is 4.98 Å². The fourth-order valence-electron chi connectivity index (χ4n) is 2.06.